The Kier molecular flexibility index (Phi) is 5.60. The summed E-state index contributed by atoms with van der Waals surface area (Å²) in [7, 11) is 0. The molecular formula is C24H23NO5. The van der Waals surface area contributed by atoms with Gasteiger partial charge in [-0.1, -0.05) is 12.2 Å². The highest BCUT2D eigenvalue weighted by molar-refractivity contribution is 6.39. The molecule has 154 valence electrons. The molecule has 30 heavy (non-hydrogen) atoms. The highest BCUT2D eigenvalue weighted by Gasteiger charge is 2.42. The average Bonchev–Trinajstić information content (AvgIpc) is 3.17. The van der Waals surface area contributed by atoms with E-state index in [2.05, 4.69) is 6.58 Å². The number of ether oxygens (including phenoxy) is 1. The minimum Gasteiger partial charge on any atom is -0.466 e. The summed E-state index contributed by atoms with van der Waals surface area (Å²) in [5.74, 6) is 0.346. The number of allylic oxidation sites excluding steroid dienone is 2. The highest BCUT2D eigenvalue weighted by Crippen LogP contribution is 2.38. The van der Waals surface area contributed by atoms with Crippen molar-refractivity contribution in [2.24, 2.45) is 0 Å². The summed E-state index contributed by atoms with van der Waals surface area (Å²) in [5, 5.41) is 0. The van der Waals surface area contributed by atoms with Crippen molar-refractivity contribution in [3.63, 3.8) is 0 Å². The third-order valence-corrected chi connectivity index (χ3v) is 4.88. The molecule has 0 N–H and O–H groups in total. The van der Waals surface area contributed by atoms with Gasteiger partial charge < -0.3 is 9.15 Å². The van der Waals surface area contributed by atoms with Crippen molar-refractivity contribution in [2.75, 3.05) is 4.90 Å². The smallest absolute Gasteiger partial charge is 0.335 e. The van der Waals surface area contributed by atoms with Gasteiger partial charge in [0.25, 0.3) is 11.8 Å². The van der Waals surface area contributed by atoms with Crippen LogP contribution in [0.1, 0.15) is 37.9 Å². The number of carbonyl (C=O) groups excluding carboxylic acids is 3. The van der Waals surface area contributed by atoms with Gasteiger partial charge in [-0.05, 0) is 70.5 Å². The van der Waals surface area contributed by atoms with E-state index in [1.54, 1.807) is 12.1 Å². The normalized spacial score (nSPS) is 15.5. The molecule has 1 aromatic heterocycles. The first-order valence-electron chi connectivity index (χ1n) is 9.45. The van der Waals surface area contributed by atoms with Crippen LogP contribution in [-0.2, 0) is 14.4 Å². The van der Waals surface area contributed by atoms with E-state index in [0.29, 0.717) is 33.9 Å². The summed E-state index contributed by atoms with van der Waals surface area (Å²) in [5.41, 5.74) is 3.39. The zero-order chi connectivity index (χ0) is 22.2. The van der Waals surface area contributed by atoms with Gasteiger partial charge in [-0.25, -0.2) is 9.69 Å². The van der Waals surface area contributed by atoms with Crippen molar-refractivity contribution >= 4 is 29.0 Å². The van der Waals surface area contributed by atoms with E-state index in [4.69, 9.17) is 9.15 Å². The number of carbonyl (C=O) groups is 3. The van der Waals surface area contributed by atoms with Crippen LogP contribution in [-0.4, -0.2) is 17.8 Å². The maximum Gasteiger partial charge on any atom is 0.335 e. The van der Waals surface area contributed by atoms with Gasteiger partial charge >= 0.3 is 5.97 Å². The SMILES string of the molecule is C=CC(=O)Oc1ccc(N2C(=O)C(=C(C)C)/C(=C(/C)c3cc(C)oc3C)C2=O)cc1. The molecule has 6 nitrogen and oxygen atoms in total. The fourth-order valence-corrected chi connectivity index (χ4v) is 3.53. The molecule has 1 aliphatic heterocycles. The number of furan rings is 1. The number of imide groups is 1. The maximum atomic E-state index is 13.4. The van der Waals surface area contributed by atoms with Crippen molar-refractivity contribution in [1.82, 2.24) is 0 Å². The molecule has 1 fully saturated rings. The minimum absolute atomic E-state index is 0.293. The molecule has 0 bridgehead atoms. The van der Waals surface area contributed by atoms with Gasteiger partial charge in [-0.2, -0.15) is 0 Å². The van der Waals surface area contributed by atoms with Gasteiger partial charge in [0.05, 0.1) is 16.8 Å². The Hall–Kier alpha value is -3.67. The van der Waals surface area contributed by atoms with Gasteiger partial charge in [-0.15, -0.1) is 0 Å². The molecule has 2 aromatic rings. The Morgan fingerprint density at radius 1 is 1.03 bits per heavy atom. The second-order valence-electron chi connectivity index (χ2n) is 7.27. The van der Waals surface area contributed by atoms with Crippen LogP contribution in [0.2, 0.25) is 0 Å². The van der Waals surface area contributed by atoms with E-state index in [0.717, 1.165) is 27.9 Å². The van der Waals surface area contributed by atoms with Crippen LogP contribution in [0.4, 0.5) is 5.69 Å². The van der Waals surface area contributed by atoms with Crippen molar-refractivity contribution in [1.29, 1.82) is 0 Å². The molecule has 1 aliphatic rings. The Labute approximate surface area is 175 Å². The molecule has 6 heteroatoms. The molecule has 2 amide bonds. The molecule has 0 radical (unpaired) electrons. The summed E-state index contributed by atoms with van der Waals surface area (Å²) >= 11 is 0. The van der Waals surface area contributed by atoms with E-state index in [-0.39, 0.29) is 5.91 Å². The molecule has 0 atom stereocenters. The van der Waals surface area contributed by atoms with Gasteiger partial charge in [0, 0.05) is 11.6 Å². The molecular weight excluding hydrogens is 382 g/mol. The van der Waals surface area contributed by atoms with Crippen molar-refractivity contribution in [3.8, 4) is 5.75 Å². The molecule has 1 aromatic carbocycles. The third kappa shape index (κ3) is 3.64. The fourth-order valence-electron chi connectivity index (χ4n) is 3.53. The number of amides is 2. The van der Waals surface area contributed by atoms with E-state index < -0.39 is 11.9 Å². The molecule has 0 unspecified atom stereocenters. The van der Waals surface area contributed by atoms with Gasteiger partial charge in [0.1, 0.15) is 17.3 Å². The maximum absolute atomic E-state index is 13.4. The molecule has 0 aliphatic carbocycles. The van der Waals surface area contributed by atoms with E-state index >= 15 is 0 Å². The van der Waals surface area contributed by atoms with Crippen molar-refractivity contribution < 1.29 is 23.5 Å². The topological polar surface area (TPSA) is 76.8 Å². The van der Waals surface area contributed by atoms with Crippen molar-refractivity contribution in [2.45, 2.75) is 34.6 Å². The number of esters is 1. The second-order valence-corrected chi connectivity index (χ2v) is 7.27. The van der Waals surface area contributed by atoms with Crippen LogP contribution in [0.5, 0.6) is 5.75 Å². The predicted molar refractivity (Wildman–Crippen MR) is 114 cm³/mol. The molecule has 0 saturated carbocycles. The summed E-state index contributed by atoms with van der Waals surface area (Å²) in [6.45, 7) is 12.5. The van der Waals surface area contributed by atoms with E-state index in [1.807, 2.05) is 40.7 Å². The van der Waals surface area contributed by atoms with Gasteiger partial charge in [-0.3, -0.25) is 9.59 Å². The number of benzene rings is 1. The van der Waals surface area contributed by atoms with Gasteiger partial charge in [0.15, 0.2) is 0 Å². The van der Waals surface area contributed by atoms with Crippen molar-refractivity contribution in [3.05, 3.63) is 76.8 Å². The predicted octanol–water partition coefficient (Wildman–Crippen LogP) is 4.67. The Balaban J connectivity index is 2.08. The first-order chi connectivity index (χ1) is 14.1. The van der Waals surface area contributed by atoms with E-state index in [9.17, 15) is 14.4 Å². The summed E-state index contributed by atoms with van der Waals surface area (Å²) < 4.78 is 10.7. The van der Waals surface area contributed by atoms with Crippen LogP contribution in [0, 0.1) is 13.8 Å². The second kappa shape index (κ2) is 7.99. The molecule has 1 saturated heterocycles. The number of hydrogen-bond acceptors (Lipinski definition) is 5. The fraction of sp³-hybridized carbons (Fsp3) is 0.208. The lowest BCUT2D eigenvalue weighted by atomic mass is 9.95. The van der Waals surface area contributed by atoms with Crippen LogP contribution in [0.25, 0.3) is 5.57 Å². The Morgan fingerprint density at radius 2 is 1.63 bits per heavy atom. The van der Waals surface area contributed by atoms with Crippen LogP contribution in [0.3, 0.4) is 0 Å². The zero-order valence-electron chi connectivity index (χ0n) is 17.7. The first kappa shape index (κ1) is 21.0. The number of anilines is 1. The summed E-state index contributed by atoms with van der Waals surface area (Å²) in [6, 6.07) is 8.05. The molecule has 3 rings (SSSR count). The summed E-state index contributed by atoms with van der Waals surface area (Å²) in [6.07, 6.45) is 1.06. The third-order valence-electron chi connectivity index (χ3n) is 4.88. The quantitative estimate of drug-likeness (QED) is 0.320. The largest absolute Gasteiger partial charge is 0.466 e. The lowest BCUT2D eigenvalue weighted by Crippen LogP contribution is -2.29. The number of hydrogen-bond donors (Lipinski definition) is 0. The standard InChI is InChI=1S/C24H23NO5/c1-7-20(26)30-18-10-8-17(9-11-18)25-23(27)21(13(2)3)22(24(25)28)15(5)19-12-14(4)29-16(19)6/h7-12H,1H2,2-6H3/b22-15+. The Bertz CT molecular complexity index is 1120. The van der Waals surface area contributed by atoms with E-state index in [1.165, 1.54) is 12.1 Å². The lowest BCUT2D eigenvalue weighted by Gasteiger charge is -2.14. The number of aryl methyl sites for hydroxylation is 2. The van der Waals surface area contributed by atoms with Crippen LogP contribution in [0.15, 0.2) is 64.1 Å². The molecule has 2 heterocycles. The zero-order valence-corrected chi connectivity index (χ0v) is 17.7. The van der Waals surface area contributed by atoms with Crippen LogP contribution < -0.4 is 9.64 Å². The van der Waals surface area contributed by atoms with Crippen LogP contribution >= 0.6 is 0 Å². The minimum atomic E-state index is -0.588. The average molecular weight is 405 g/mol. The number of nitrogens with zero attached hydrogens (tertiary/aromatic N) is 1. The first-order valence-corrected chi connectivity index (χ1v) is 9.45. The molecule has 0 spiro atoms. The Morgan fingerprint density at radius 3 is 2.13 bits per heavy atom. The lowest BCUT2D eigenvalue weighted by molar-refractivity contribution is -0.129. The summed E-state index contributed by atoms with van der Waals surface area (Å²) in [4.78, 5) is 39.0. The number of rotatable bonds is 4. The van der Waals surface area contributed by atoms with Gasteiger partial charge in [0.2, 0.25) is 0 Å². The highest BCUT2D eigenvalue weighted by atomic mass is 16.5. The monoisotopic (exact) mass is 405 g/mol.